The summed E-state index contributed by atoms with van der Waals surface area (Å²) in [6.45, 7) is 5.30. The summed E-state index contributed by atoms with van der Waals surface area (Å²) in [6.07, 6.45) is 1.42. The van der Waals surface area contributed by atoms with Gasteiger partial charge >= 0.3 is 5.69 Å². The molecule has 0 bridgehead atoms. The lowest BCUT2D eigenvalue weighted by molar-refractivity contribution is -0.117. The summed E-state index contributed by atoms with van der Waals surface area (Å²) in [5, 5.41) is 7.72. The predicted octanol–water partition coefficient (Wildman–Crippen LogP) is 2.81. The molecule has 27 heavy (non-hydrogen) atoms. The van der Waals surface area contributed by atoms with Crippen molar-refractivity contribution in [2.24, 2.45) is 0 Å². The number of fused-ring (bicyclic) bond motifs is 3. The van der Waals surface area contributed by atoms with Gasteiger partial charge in [0.05, 0.1) is 5.39 Å². The number of aryl methyl sites for hydroxylation is 3. The lowest BCUT2D eigenvalue weighted by Crippen LogP contribution is -2.28. The van der Waals surface area contributed by atoms with Crippen LogP contribution < -0.4 is 11.0 Å². The van der Waals surface area contributed by atoms with E-state index in [1.807, 2.05) is 13.8 Å². The first-order valence-electron chi connectivity index (χ1n) is 8.25. The molecule has 0 spiro atoms. The van der Waals surface area contributed by atoms with Crippen LogP contribution in [0.15, 0.2) is 29.3 Å². The molecular formula is C18H16FN5O2S. The Bertz CT molecular complexity index is 1270. The highest BCUT2D eigenvalue weighted by atomic mass is 32.1. The molecule has 138 valence electrons. The van der Waals surface area contributed by atoms with Gasteiger partial charge < -0.3 is 5.32 Å². The van der Waals surface area contributed by atoms with Gasteiger partial charge in [0.25, 0.3) is 0 Å². The number of benzene rings is 1. The van der Waals surface area contributed by atoms with Gasteiger partial charge in [-0.1, -0.05) is 6.07 Å². The number of carbonyl (C=O) groups excluding carboxylic acids is 1. The number of halogens is 1. The van der Waals surface area contributed by atoms with E-state index in [1.54, 1.807) is 19.1 Å². The highest BCUT2D eigenvalue weighted by molar-refractivity contribution is 7.18. The van der Waals surface area contributed by atoms with Crippen molar-refractivity contribution in [2.45, 2.75) is 27.3 Å². The van der Waals surface area contributed by atoms with Crippen molar-refractivity contribution in [1.29, 1.82) is 0 Å². The van der Waals surface area contributed by atoms with Crippen LogP contribution >= 0.6 is 11.3 Å². The van der Waals surface area contributed by atoms with E-state index in [4.69, 9.17) is 0 Å². The number of hydrogen-bond donors (Lipinski definition) is 1. The highest BCUT2D eigenvalue weighted by Crippen LogP contribution is 2.30. The topological polar surface area (TPSA) is 81.3 Å². The van der Waals surface area contributed by atoms with Crippen molar-refractivity contribution in [3.63, 3.8) is 0 Å². The lowest BCUT2D eigenvalue weighted by atomic mass is 10.2. The van der Waals surface area contributed by atoms with Gasteiger partial charge in [0, 0.05) is 10.6 Å². The SMILES string of the molecule is Cc1ccc(NC(=O)Cn2nc3c4c(C)c(C)sc4ncn3c2=O)cc1F. The second-order valence-electron chi connectivity index (χ2n) is 6.35. The highest BCUT2D eigenvalue weighted by Gasteiger charge is 2.17. The molecule has 9 heteroatoms. The van der Waals surface area contributed by atoms with Crippen molar-refractivity contribution in [3.05, 3.63) is 56.8 Å². The third-order valence-electron chi connectivity index (χ3n) is 4.50. The van der Waals surface area contributed by atoms with E-state index in [9.17, 15) is 14.0 Å². The smallest absolute Gasteiger partial charge is 0.324 e. The summed E-state index contributed by atoms with van der Waals surface area (Å²) >= 11 is 1.54. The second-order valence-corrected chi connectivity index (χ2v) is 7.56. The van der Waals surface area contributed by atoms with Gasteiger partial charge in [-0.25, -0.2) is 23.3 Å². The van der Waals surface area contributed by atoms with Crippen LogP contribution in [-0.2, 0) is 11.3 Å². The summed E-state index contributed by atoms with van der Waals surface area (Å²) in [6, 6.07) is 4.42. The van der Waals surface area contributed by atoms with Gasteiger partial charge in [-0.2, -0.15) is 0 Å². The van der Waals surface area contributed by atoms with E-state index in [0.717, 1.165) is 25.3 Å². The van der Waals surface area contributed by atoms with Crippen LogP contribution in [0.2, 0.25) is 0 Å². The van der Waals surface area contributed by atoms with Crippen LogP contribution in [0.3, 0.4) is 0 Å². The minimum Gasteiger partial charge on any atom is -0.324 e. The fourth-order valence-electron chi connectivity index (χ4n) is 2.88. The number of amides is 1. The number of hydrogen-bond acceptors (Lipinski definition) is 5. The lowest BCUT2D eigenvalue weighted by Gasteiger charge is -2.05. The maximum atomic E-state index is 13.6. The number of rotatable bonds is 3. The van der Waals surface area contributed by atoms with Gasteiger partial charge in [0.1, 0.15) is 23.5 Å². The summed E-state index contributed by atoms with van der Waals surface area (Å²) in [4.78, 5) is 31.1. The van der Waals surface area contributed by atoms with Crippen LogP contribution in [0.25, 0.3) is 15.9 Å². The molecule has 0 saturated heterocycles. The Balaban J connectivity index is 1.68. The zero-order chi connectivity index (χ0) is 19.3. The van der Waals surface area contributed by atoms with Gasteiger partial charge in [0.2, 0.25) is 5.91 Å². The molecule has 3 heterocycles. The molecule has 0 unspecified atom stereocenters. The molecule has 0 radical (unpaired) electrons. The molecule has 7 nitrogen and oxygen atoms in total. The van der Waals surface area contributed by atoms with Crippen molar-refractivity contribution < 1.29 is 9.18 Å². The zero-order valence-electron chi connectivity index (χ0n) is 14.9. The fraction of sp³-hybridized carbons (Fsp3) is 0.222. The molecule has 1 aromatic carbocycles. The normalized spacial score (nSPS) is 11.4. The molecule has 0 saturated carbocycles. The van der Waals surface area contributed by atoms with Crippen molar-refractivity contribution in [2.75, 3.05) is 5.32 Å². The predicted molar refractivity (Wildman–Crippen MR) is 102 cm³/mol. The molecule has 1 amide bonds. The first-order chi connectivity index (χ1) is 12.8. The van der Waals surface area contributed by atoms with E-state index in [-0.39, 0.29) is 6.54 Å². The Labute approximate surface area is 157 Å². The largest absolute Gasteiger partial charge is 0.352 e. The number of aromatic nitrogens is 4. The number of carbonyl (C=O) groups is 1. The molecule has 4 aromatic rings. The molecule has 0 aliphatic rings. The van der Waals surface area contributed by atoms with Gasteiger partial charge in [-0.15, -0.1) is 16.4 Å². The summed E-state index contributed by atoms with van der Waals surface area (Å²) in [5.41, 5.74) is 1.86. The fourth-order valence-corrected chi connectivity index (χ4v) is 3.87. The quantitative estimate of drug-likeness (QED) is 0.588. The minimum atomic E-state index is -0.466. The second kappa shape index (κ2) is 6.27. The third-order valence-corrected chi connectivity index (χ3v) is 5.62. The number of thiophene rings is 1. The maximum absolute atomic E-state index is 13.6. The Hall–Kier alpha value is -3.07. The Morgan fingerprint density at radius 2 is 2.07 bits per heavy atom. The van der Waals surface area contributed by atoms with E-state index < -0.39 is 17.4 Å². The van der Waals surface area contributed by atoms with E-state index in [0.29, 0.717) is 16.9 Å². The average Bonchev–Trinajstić information content (AvgIpc) is 3.08. The van der Waals surface area contributed by atoms with Crippen LogP contribution in [0, 0.1) is 26.6 Å². The van der Waals surface area contributed by atoms with E-state index in [1.165, 1.54) is 28.1 Å². The molecule has 3 aromatic heterocycles. The number of nitrogens with zero attached hydrogens (tertiary/aromatic N) is 4. The summed E-state index contributed by atoms with van der Waals surface area (Å²) in [5.74, 6) is -0.874. The number of anilines is 1. The first-order valence-corrected chi connectivity index (χ1v) is 9.06. The van der Waals surface area contributed by atoms with E-state index in [2.05, 4.69) is 15.4 Å². The number of nitrogens with one attached hydrogen (secondary N) is 1. The first kappa shape index (κ1) is 17.3. The van der Waals surface area contributed by atoms with Crippen LogP contribution in [0.4, 0.5) is 10.1 Å². The monoisotopic (exact) mass is 385 g/mol. The molecule has 0 atom stereocenters. The van der Waals surface area contributed by atoms with Gasteiger partial charge in [0.15, 0.2) is 5.65 Å². The van der Waals surface area contributed by atoms with Gasteiger partial charge in [-0.05, 0) is 44.0 Å². The van der Waals surface area contributed by atoms with Crippen LogP contribution in [0.1, 0.15) is 16.0 Å². The summed E-state index contributed by atoms with van der Waals surface area (Å²) < 4.78 is 16.0. The molecule has 1 N–H and O–H groups in total. The Morgan fingerprint density at radius 3 is 2.81 bits per heavy atom. The zero-order valence-corrected chi connectivity index (χ0v) is 15.7. The molecule has 0 aliphatic heterocycles. The van der Waals surface area contributed by atoms with E-state index >= 15 is 0 Å². The molecule has 0 aliphatic carbocycles. The summed E-state index contributed by atoms with van der Waals surface area (Å²) in [7, 11) is 0. The standard InChI is InChI=1S/C18H16FN5O2S/c1-9-4-5-12(6-13(9)19)21-14(25)7-24-18(26)23-8-20-17-15(16(23)22-24)10(2)11(3)27-17/h4-6,8H,7H2,1-3H3,(H,21,25). The van der Waals surface area contributed by atoms with Crippen LogP contribution in [0.5, 0.6) is 0 Å². The Morgan fingerprint density at radius 1 is 1.30 bits per heavy atom. The molecular weight excluding hydrogens is 369 g/mol. The van der Waals surface area contributed by atoms with Crippen molar-refractivity contribution in [1.82, 2.24) is 19.2 Å². The third kappa shape index (κ3) is 2.89. The average molecular weight is 385 g/mol. The maximum Gasteiger partial charge on any atom is 0.352 e. The molecule has 0 fully saturated rings. The Kier molecular flexibility index (Phi) is 4.03. The van der Waals surface area contributed by atoms with Crippen molar-refractivity contribution in [3.8, 4) is 0 Å². The van der Waals surface area contributed by atoms with Crippen LogP contribution in [-0.4, -0.2) is 25.1 Å². The van der Waals surface area contributed by atoms with Gasteiger partial charge in [-0.3, -0.25) is 4.79 Å². The molecule has 4 rings (SSSR count). The minimum absolute atomic E-state index is 0.278. The van der Waals surface area contributed by atoms with Crippen molar-refractivity contribution >= 4 is 38.8 Å².